The van der Waals surface area contributed by atoms with Gasteiger partial charge in [-0.25, -0.2) is 0 Å². The number of rotatable bonds is 4. The summed E-state index contributed by atoms with van der Waals surface area (Å²) in [4.78, 5) is 0. The predicted molar refractivity (Wildman–Crippen MR) is 121 cm³/mol. The van der Waals surface area contributed by atoms with Gasteiger partial charge in [0.15, 0.2) is 0 Å². The molecular weight excluding hydrogens is 450 g/mol. The summed E-state index contributed by atoms with van der Waals surface area (Å²) in [5, 5.41) is 0. The Morgan fingerprint density at radius 2 is 0.618 bits per heavy atom. The Bertz CT molecular complexity index is 1160. The van der Waals surface area contributed by atoms with Crippen LogP contribution in [0.5, 0.6) is 0 Å². The van der Waals surface area contributed by atoms with E-state index in [1.165, 1.54) is 24.3 Å². The molecular formula is C28H18F6. The molecule has 0 atom stereocenters. The van der Waals surface area contributed by atoms with Crippen molar-refractivity contribution < 1.29 is 26.3 Å². The van der Waals surface area contributed by atoms with E-state index < -0.39 is 23.5 Å². The summed E-state index contributed by atoms with van der Waals surface area (Å²) in [5.74, 6) is 0. The fourth-order valence-electron chi connectivity index (χ4n) is 3.77. The van der Waals surface area contributed by atoms with E-state index in [-0.39, 0.29) is 0 Å². The van der Waals surface area contributed by atoms with Gasteiger partial charge in [-0.2, -0.15) is 26.3 Å². The maximum Gasteiger partial charge on any atom is 0.416 e. The lowest BCUT2D eigenvalue weighted by Crippen LogP contribution is -2.06. The molecule has 0 heterocycles. The summed E-state index contributed by atoms with van der Waals surface area (Å²) in [6.07, 6.45) is -8.96. The summed E-state index contributed by atoms with van der Waals surface area (Å²) in [7, 11) is 0. The molecule has 0 fully saturated rings. The highest BCUT2D eigenvalue weighted by molar-refractivity contribution is 6.04. The van der Waals surface area contributed by atoms with Crippen molar-refractivity contribution >= 4 is 11.1 Å². The minimum atomic E-state index is -4.48. The normalized spacial score (nSPS) is 12.9. The monoisotopic (exact) mass is 468 g/mol. The number of hydrogen-bond acceptors (Lipinski definition) is 0. The molecule has 0 aliphatic heterocycles. The van der Waals surface area contributed by atoms with Crippen LogP contribution < -0.4 is 0 Å². The molecule has 4 rings (SSSR count). The molecule has 172 valence electrons. The van der Waals surface area contributed by atoms with Crippen molar-refractivity contribution in [3.63, 3.8) is 0 Å². The summed E-state index contributed by atoms with van der Waals surface area (Å²) in [5.41, 5.74) is 2.14. The molecule has 0 nitrogen and oxygen atoms in total. The van der Waals surface area contributed by atoms with Crippen LogP contribution in [0.15, 0.2) is 109 Å². The highest BCUT2D eigenvalue weighted by Crippen LogP contribution is 2.39. The van der Waals surface area contributed by atoms with E-state index >= 15 is 0 Å². The molecule has 0 aromatic heterocycles. The van der Waals surface area contributed by atoms with Crippen molar-refractivity contribution in [2.45, 2.75) is 12.4 Å². The number of benzene rings is 4. The Labute approximate surface area is 192 Å². The quantitative estimate of drug-likeness (QED) is 0.208. The molecule has 0 bridgehead atoms. The van der Waals surface area contributed by atoms with Crippen LogP contribution in [0, 0.1) is 0 Å². The molecule has 4 aromatic rings. The maximum atomic E-state index is 13.2. The average molecular weight is 468 g/mol. The zero-order chi connectivity index (χ0) is 24.3. The summed E-state index contributed by atoms with van der Waals surface area (Å²) in [6, 6.07) is 27.7. The molecule has 4 aromatic carbocycles. The first-order chi connectivity index (χ1) is 16.1. The molecule has 0 N–H and O–H groups in total. The maximum absolute atomic E-state index is 13.2. The zero-order valence-electron chi connectivity index (χ0n) is 17.7. The second-order valence-corrected chi connectivity index (χ2v) is 7.63. The summed E-state index contributed by atoms with van der Waals surface area (Å²) < 4.78 is 79.0. The molecule has 0 aliphatic rings. The van der Waals surface area contributed by atoms with Crippen molar-refractivity contribution in [3.05, 3.63) is 143 Å². The van der Waals surface area contributed by atoms with E-state index in [0.29, 0.717) is 22.3 Å². The van der Waals surface area contributed by atoms with Gasteiger partial charge < -0.3 is 0 Å². The number of hydrogen-bond donors (Lipinski definition) is 0. The second kappa shape index (κ2) is 9.21. The van der Waals surface area contributed by atoms with Crippen LogP contribution in [0.1, 0.15) is 33.4 Å². The SMILES string of the molecule is FC(F)(F)c1ccc(C(=C(c2ccccc2)c2ccc(C(F)(F)F)cc2)c2ccccc2)cc1. The van der Waals surface area contributed by atoms with Crippen LogP contribution in [-0.2, 0) is 12.4 Å². The van der Waals surface area contributed by atoms with Gasteiger partial charge in [0, 0.05) is 0 Å². The summed E-state index contributed by atoms with van der Waals surface area (Å²) in [6.45, 7) is 0. The molecule has 0 radical (unpaired) electrons. The molecule has 0 saturated carbocycles. The fraction of sp³-hybridized carbons (Fsp3) is 0.0714. The van der Waals surface area contributed by atoms with Gasteiger partial charge >= 0.3 is 12.4 Å². The van der Waals surface area contributed by atoms with Gasteiger partial charge in [-0.3, -0.25) is 0 Å². The first kappa shape index (κ1) is 23.4. The van der Waals surface area contributed by atoms with Crippen molar-refractivity contribution in [1.82, 2.24) is 0 Å². The van der Waals surface area contributed by atoms with Crippen LogP contribution in [-0.4, -0.2) is 0 Å². The Balaban J connectivity index is 2.01. The third-order valence-corrected chi connectivity index (χ3v) is 5.38. The summed E-state index contributed by atoms with van der Waals surface area (Å²) >= 11 is 0. The van der Waals surface area contributed by atoms with Crippen LogP contribution in [0.25, 0.3) is 11.1 Å². The Kier molecular flexibility index (Phi) is 6.33. The largest absolute Gasteiger partial charge is 0.416 e. The minimum absolute atomic E-state index is 0.512. The Hall–Kier alpha value is -3.80. The van der Waals surface area contributed by atoms with Gasteiger partial charge in [0.05, 0.1) is 11.1 Å². The Morgan fingerprint density at radius 3 is 0.882 bits per heavy atom. The molecule has 34 heavy (non-hydrogen) atoms. The van der Waals surface area contributed by atoms with Crippen molar-refractivity contribution in [3.8, 4) is 0 Å². The third-order valence-electron chi connectivity index (χ3n) is 5.38. The molecule has 0 spiro atoms. The molecule has 0 saturated heterocycles. The molecule has 6 heteroatoms. The second-order valence-electron chi connectivity index (χ2n) is 7.63. The minimum Gasteiger partial charge on any atom is -0.166 e. The smallest absolute Gasteiger partial charge is 0.166 e. The lowest BCUT2D eigenvalue weighted by atomic mass is 9.85. The highest BCUT2D eigenvalue weighted by Gasteiger charge is 2.31. The van der Waals surface area contributed by atoms with Gasteiger partial charge in [-0.15, -0.1) is 0 Å². The fourth-order valence-corrected chi connectivity index (χ4v) is 3.77. The topological polar surface area (TPSA) is 0 Å². The third kappa shape index (κ3) is 5.06. The average Bonchev–Trinajstić information content (AvgIpc) is 2.83. The van der Waals surface area contributed by atoms with Crippen molar-refractivity contribution in [2.24, 2.45) is 0 Å². The lowest BCUT2D eigenvalue weighted by Gasteiger charge is -2.19. The van der Waals surface area contributed by atoms with Gasteiger partial charge in [-0.1, -0.05) is 84.9 Å². The van der Waals surface area contributed by atoms with E-state index in [4.69, 9.17) is 0 Å². The van der Waals surface area contributed by atoms with Gasteiger partial charge in [0.2, 0.25) is 0 Å². The Morgan fingerprint density at radius 1 is 0.353 bits per heavy atom. The van der Waals surface area contributed by atoms with Gasteiger partial charge in [0.1, 0.15) is 0 Å². The number of halogens is 6. The van der Waals surface area contributed by atoms with Crippen LogP contribution in [0.2, 0.25) is 0 Å². The zero-order valence-corrected chi connectivity index (χ0v) is 17.7. The highest BCUT2D eigenvalue weighted by atomic mass is 19.4. The van der Waals surface area contributed by atoms with Gasteiger partial charge in [-0.05, 0) is 57.7 Å². The van der Waals surface area contributed by atoms with Crippen LogP contribution >= 0.6 is 0 Å². The van der Waals surface area contributed by atoms with Crippen LogP contribution in [0.4, 0.5) is 26.3 Å². The van der Waals surface area contributed by atoms with Crippen molar-refractivity contribution in [1.29, 1.82) is 0 Å². The lowest BCUT2D eigenvalue weighted by molar-refractivity contribution is -0.138. The molecule has 0 aliphatic carbocycles. The van der Waals surface area contributed by atoms with E-state index in [9.17, 15) is 26.3 Å². The molecule has 0 unspecified atom stereocenters. The van der Waals surface area contributed by atoms with Crippen LogP contribution in [0.3, 0.4) is 0 Å². The van der Waals surface area contributed by atoms with Crippen molar-refractivity contribution in [2.75, 3.05) is 0 Å². The van der Waals surface area contributed by atoms with E-state index in [1.807, 2.05) is 36.4 Å². The van der Waals surface area contributed by atoms with Gasteiger partial charge in [0.25, 0.3) is 0 Å². The van der Waals surface area contributed by atoms with E-state index in [1.54, 1.807) is 24.3 Å². The standard InChI is InChI=1S/C28H18F6/c29-27(30,31)23-15-11-21(12-16-23)25(19-7-3-1-4-8-19)26(20-9-5-2-6-10-20)22-13-17-24(18-14-22)28(32,33)34/h1-18H. The predicted octanol–water partition coefficient (Wildman–Crippen LogP) is 8.73. The van der Waals surface area contributed by atoms with E-state index in [0.717, 1.165) is 35.4 Å². The first-order valence-electron chi connectivity index (χ1n) is 10.3. The molecule has 0 amide bonds. The van der Waals surface area contributed by atoms with E-state index in [2.05, 4.69) is 0 Å². The number of alkyl halides is 6. The first-order valence-corrected chi connectivity index (χ1v) is 10.3.